The first-order valence-corrected chi connectivity index (χ1v) is 24.0. The van der Waals surface area contributed by atoms with Crippen molar-refractivity contribution < 1.29 is 47.7 Å². The number of esters is 1. The number of carbonyl (C=O) groups excluding carboxylic acids is 6. The third-order valence-corrected chi connectivity index (χ3v) is 13.6. The number of imide groups is 1. The first kappa shape index (κ1) is 54.7. The molecule has 2 fully saturated rings. The largest absolute Gasteiger partial charge is 0.459 e. The fourth-order valence-electron chi connectivity index (χ4n) is 9.93. The molecule has 0 radical (unpaired) electrons. The number of hydrogen-bond acceptors (Lipinski definition) is 11. The van der Waals surface area contributed by atoms with E-state index < -0.39 is 77.3 Å². The summed E-state index contributed by atoms with van der Waals surface area (Å²) in [5.74, 6) is -3.86. The summed E-state index contributed by atoms with van der Waals surface area (Å²) in [7, 11) is 6.40. The number of nitrogens with zero attached hydrogens (tertiary/aromatic N) is 3. The van der Waals surface area contributed by atoms with Crippen molar-refractivity contribution >= 4 is 35.7 Å². The van der Waals surface area contributed by atoms with Crippen LogP contribution in [0.4, 0.5) is 4.79 Å². The van der Waals surface area contributed by atoms with Crippen molar-refractivity contribution in [1.29, 1.82) is 0 Å². The molecule has 0 aromatic heterocycles. The van der Waals surface area contributed by atoms with E-state index in [1.807, 2.05) is 93.4 Å². The maximum absolute atomic E-state index is 14.6. The Morgan fingerprint density at radius 3 is 1.94 bits per heavy atom. The van der Waals surface area contributed by atoms with Gasteiger partial charge in [-0.15, -0.1) is 0 Å². The van der Waals surface area contributed by atoms with Crippen molar-refractivity contribution in [2.45, 2.75) is 161 Å². The molecule has 4 rings (SSSR count). The van der Waals surface area contributed by atoms with Crippen LogP contribution in [0.2, 0.25) is 0 Å². The quantitative estimate of drug-likeness (QED) is 0.120. The highest BCUT2D eigenvalue weighted by molar-refractivity contribution is 6.01. The Morgan fingerprint density at radius 2 is 1.40 bits per heavy atom. The van der Waals surface area contributed by atoms with E-state index in [0.717, 1.165) is 11.1 Å². The summed E-state index contributed by atoms with van der Waals surface area (Å²) in [4.78, 5) is 88.7. The van der Waals surface area contributed by atoms with Crippen molar-refractivity contribution in [3.8, 4) is 0 Å². The van der Waals surface area contributed by atoms with E-state index in [1.54, 1.807) is 53.6 Å². The molecule has 1 saturated carbocycles. The van der Waals surface area contributed by atoms with Gasteiger partial charge in [0.2, 0.25) is 23.6 Å². The van der Waals surface area contributed by atoms with Gasteiger partial charge in [0, 0.05) is 39.8 Å². The Bertz CT molecular complexity index is 1980. The molecule has 5 amide bonds. The van der Waals surface area contributed by atoms with Gasteiger partial charge in [0.25, 0.3) is 0 Å². The molecule has 10 atom stereocenters. The van der Waals surface area contributed by atoms with Crippen LogP contribution in [0.3, 0.4) is 0 Å². The maximum atomic E-state index is 14.6. The second kappa shape index (κ2) is 23.9. The number of methoxy groups -OCH3 is 2. The molecule has 2 N–H and O–H groups in total. The van der Waals surface area contributed by atoms with E-state index in [9.17, 15) is 28.8 Å². The standard InChI is InChI=1S/C52H79N5O10/c1-15-34(6)44(55(11)42(32(2)3)47(60)53-48(61)43(33(4)5)56(12)50(63)67-51(8,9)10)40(64-13)29-41(58)57-28-22-27-39(57)45(65-14)35(7)46(59)54-52(30-38(52)37-25-20-17-21-26-37)49(62)66-31-36-23-18-16-19-24-36/h16-21,23-26,32-35,38-40,42-45H,15,22,27-31H2,1-14H3,(H,54,59)(H,53,60,61)/t34-,35+,38+,39-,40+,42-,43-,44-,45+,52-/m0/s1. The normalized spacial score (nSPS) is 21.4. The van der Waals surface area contributed by atoms with Gasteiger partial charge in [0.15, 0.2) is 0 Å². The van der Waals surface area contributed by atoms with Gasteiger partial charge in [-0.05, 0) is 76.0 Å². The van der Waals surface area contributed by atoms with E-state index in [1.165, 1.54) is 19.1 Å². The minimum absolute atomic E-state index is 0.0139. The fourth-order valence-corrected chi connectivity index (χ4v) is 9.93. The minimum Gasteiger partial charge on any atom is -0.459 e. The number of nitrogens with one attached hydrogen (secondary N) is 2. The lowest BCUT2D eigenvalue weighted by Crippen LogP contribution is -2.60. The molecule has 2 aliphatic rings. The third-order valence-electron chi connectivity index (χ3n) is 13.6. The molecule has 0 spiro atoms. The first-order chi connectivity index (χ1) is 31.5. The summed E-state index contributed by atoms with van der Waals surface area (Å²) in [6, 6.07) is 16.3. The van der Waals surface area contributed by atoms with E-state index in [4.69, 9.17) is 18.9 Å². The predicted molar refractivity (Wildman–Crippen MR) is 256 cm³/mol. The SMILES string of the molecule is CC[C@H](C)[C@@H]([C@@H](CC(=O)N1CCC[C@H]1[C@H](OC)[C@@H](C)C(=O)N[C@@]1(C(=O)OCc2ccccc2)C[C@@H]1c1ccccc1)OC)N(C)[C@H](C(=O)NC(=O)[C@H](C(C)C)N(C)C(=O)OC(C)(C)C)C(C)C. The summed E-state index contributed by atoms with van der Waals surface area (Å²) < 4.78 is 23.6. The monoisotopic (exact) mass is 934 g/mol. The zero-order valence-electron chi connectivity index (χ0n) is 42.5. The van der Waals surface area contributed by atoms with Gasteiger partial charge in [0.1, 0.15) is 23.8 Å². The smallest absolute Gasteiger partial charge is 0.410 e. The number of amides is 5. The van der Waals surface area contributed by atoms with Gasteiger partial charge in [-0.3, -0.25) is 34.3 Å². The van der Waals surface area contributed by atoms with Gasteiger partial charge in [-0.2, -0.15) is 0 Å². The molecule has 372 valence electrons. The Morgan fingerprint density at radius 1 is 0.821 bits per heavy atom. The highest BCUT2D eigenvalue weighted by Gasteiger charge is 2.63. The first-order valence-electron chi connectivity index (χ1n) is 24.0. The van der Waals surface area contributed by atoms with Gasteiger partial charge in [0.05, 0.1) is 36.6 Å². The third kappa shape index (κ3) is 13.7. The lowest BCUT2D eigenvalue weighted by atomic mass is 9.87. The molecule has 15 heteroatoms. The predicted octanol–water partition coefficient (Wildman–Crippen LogP) is 6.72. The Hall–Kier alpha value is -4.86. The number of carbonyl (C=O) groups is 6. The fraction of sp³-hybridized carbons (Fsp3) is 0.654. The number of likely N-dealkylation sites (N-methyl/N-ethyl adjacent to an activating group) is 2. The van der Waals surface area contributed by atoms with Crippen molar-refractivity contribution in [3.63, 3.8) is 0 Å². The van der Waals surface area contributed by atoms with Crippen LogP contribution in [-0.2, 0) is 49.5 Å². The van der Waals surface area contributed by atoms with Crippen LogP contribution in [0, 0.1) is 23.7 Å². The summed E-state index contributed by atoms with van der Waals surface area (Å²) in [5.41, 5.74) is -0.268. The number of likely N-dealkylation sites (tertiary alicyclic amines) is 1. The zero-order valence-corrected chi connectivity index (χ0v) is 42.5. The molecule has 1 heterocycles. The number of rotatable bonds is 22. The molecule has 0 bridgehead atoms. The van der Waals surface area contributed by atoms with Crippen molar-refractivity contribution in [2.24, 2.45) is 23.7 Å². The molecule has 1 aliphatic carbocycles. The summed E-state index contributed by atoms with van der Waals surface area (Å²) in [5, 5.41) is 5.70. The van der Waals surface area contributed by atoms with Crippen LogP contribution in [0.25, 0.3) is 0 Å². The lowest BCUT2D eigenvalue weighted by Gasteiger charge is -2.43. The zero-order chi connectivity index (χ0) is 50.0. The van der Waals surface area contributed by atoms with Crippen LogP contribution < -0.4 is 10.6 Å². The maximum Gasteiger partial charge on any atom is 0.410 e. The van der Waals surface area contributed by atoms with Crippen LogP contribution >= 0.6 is 0 Å². The lowest BCUT2D eigenvalue weighted by molar-refractivity contribution is -0.152. The minimum atomic E-state index is -1.25. The highest BCUT2D eigenvalue weighted by atomic mass is 16.6. The van der Waals surface area contributed by atoms with E-state index in [-0.39, 0.29) is 48.5 Å². The van der Waals surface area contributed by atoms with Gasteiger partial charge < -0.3 is 29.2 Å². The highest BCUT2D eigenvalue weighted by Crippen LogP contribution is 2.52. The molecule has 67 heavy (non-hydrogen) atoms. The van der Waals surface area contributed by atoms with Crippen molar-refractivity contribution in [2.75, 3.05) is 34.9 Å². The average molecular weight is 934 g/mol. The Labute approximate surface area is 399 Å². The average Bonchev–Trinajstić information content (AvgIpc) is 3.80. The second-order valence-electron chi connectivity index (χ2n) is 20.3. The Balaban J connectivity index is 1.51. The summed E-state index contributed by atoms with van der Waals surface area (Å²) >= 11 is 0. The molecule has 2 aromatic rings. The van der Waals surface area contributed by atoms with Crippen molar-refractivity contribution in [3.05, 3.63) is 71.8 Å². The number of ether oxygens (including phenoxy) is 4. The van der Waals surface area contributed by atoms with Crippen LogP contribution in [0.1, 0.15) is 118 Å². The van der Waals surface area contributed by atoms with E-state index >= 15 is 0 Å². The van der Waals surface area contributed by atoms with Crippen molar-refractivity contribution in [1.82, 2.24) is 25.3 Å². The molecule has 15 nitrogen and oxygen atoms in total. The van der Waals surface area contributed by atoms with Crippen LogP contribution in [0.5, 0.6) is 0 Å². The van der Waals surface area contributed by atoms with Crippen LogP contribution in [0.15, 0.2) is 60.7 Å². The van der Waals surface area contributed by atoms with E-state index in [0.29, 0.717) is 32.2 Å². The molecule has 1 saturated heterocycles. The van der Waals surface area contributed by atoms with Gasteiger partial charge in [-0.25, -0.2) is 9.59 Å². The molecule has 1 aliphatic heterocycles. The summed E-state index contributed by atoms with van der Waals surface area (Å²) in [6.45, 7) is 19.0. The molecular weight excluding hydrogens is 855 g/mol. The molecular formula is C52H79N5O10. The number of benzene rings is 2. The van der Waals surface area contributed by atoms with E-state index in [2.05, 4.69) is 17.6 Å². The van der Waals surface area contributed by atoms with Gasteiger partial charge >= 0.3 is 12.1 Å². The second-order valence-corrected chi connectivity index (χ2v) is 20.3. The topological polar surface area (TPSA) is 173 Å². The number of hydrogen-bond donors (Lipinski definition) is 2. The molecule has 0 unspecified atom stereocenters. The Kier molecular flexibility index (Phi) is 19.5. The summed E-state index contributed by atoms with van der Waals surface area (Å²) in [6.07, 6.45) is 0.365. The molecule has 2 aromatic carbocycles. The van der Waals surface area contributed by atoms with Gasteiger partial charge in [-0.1, -0.05) is 116 Å². The van der Waals surface area contributed by atoms with Crippen LogP contribution in [-0.4, -0.2) is 133 Å².